The normalized spacial score (nSPS) is 31.1. The van der Waals surface area contributed by atoms with Gasteiger partial charge in [-0.15, -0.1) is 0 Å². The summed E-state index contributed by atoms with van der Waals surface area (Å²) in [5.74, 6) is -0.940. The first kappa shape index (κ1) is 21.0. The summed E-state index contributed by atoms with van der Waals surface area (Å²) < 4.78 is 5.62. The van der Waals surface area contributed by atoms with E-state index in [1.165, 1.54) is 4.90 Å². The third kappa shape index (κ3) is 3.01. The number of hydrogen-bond donors (Lipinski definition) is 0. The molecule has 2 aromatic carbocycles. The van der Waals surface area contributed by atoms with E-state index < -0.39 is 12.1 Å². The van der Waals surface area contributed by atoms with Gasteiger partial charge in [-0.1, -0.05) is 61.5 Å². The van der Waals surface area contributed by atoms with E-state index in [-0.39, 0.29) is 52.5 Å². The molecule has 7 rings (SSSR count). The monoisotopic (exact) mass is 455 g/mol. The fraction of sp³-hybridized carbons (Fsp3) is 0.357. The molecule has 4 aliphatic carbocycles. The Balaban J connectivity index is 1.28. The molecular formula is C28H25NO5. The Morgan fingerprint density at radius 2 is 1.50 bits per heavy atom. The minimum Gasteiger partial charge on any atom is -0.450 e. The summed E-state index contributed by atoms with van der Waals surface area (Å²) in [4.78, 5) is 54.3. The van der Waals surface area contributed by atoms with Crippen LogP contribution in [0.4, 0.5) is 5.69 Å². The smallest absolute Gasteiger partial charge is 0.341 e. The fourth-order valence-electron chi connectivity index (χ4n) is 6.34. The average Bonchev–Trinajstić information content (AvgIpc) is 3.65. The Morgan fingerprint density at radius 3 is 2.12 bits per heavy atom. The van der Waals surface area contributed by atoms with Gasteiger partial charge in [-0.05, 0) is 48.6 Å². The van der Waals surface area contributed by atoms with Crippen molar-refractivity contribution in [3.63, 3.8) is 0 Å². The van der Waals surface area contributed by atoms with Crippen LogP contribution in [0.2, 0.25) is 0 Å². The molecule has 0 aromatic heterocycles. The summed E-state index contributed by atoms with van der Waals surface area (Å²) in [5, 5.41) is 0. The zero-order valence-corrected chi connectivity index (χ0v) is 18.8. The number of allylic oxidation sites excluding steroid dienone is 2. The zero-order valence-electron chi connectivity index (χ0n) is 18.8. The second-order valence-corrected chi connectivity index (χ2v) is 9.72. The molecule has 0 radical (unpaired) electrons. The van der Waals surface area contributed by atoms with E-state index in [0.29, 0.717) is 23.8 Å². The maximum absolute atomic E-state index is 13.5. The highest BCUT2D eigenvalue weighted by molar-refractivity contribution is 6.24. The lowest BCUT2D eigenvalue weighted by Crippen LogP contribution is -2.40. The molecule has 0 N–H and O–H groups in total. The largest absolute Gasteiger partial charge is 0.450 e. The number of amides is 2. The van der Waals surface area contributed by atoms with Crippen molar-refractivity contribution in [3.05, 3.63) is 77.9 Å². The lowest BCUT2D eigenvalue weighted by atomic mass is 9.63. The Labute approximate surface area is 197 Å². The highest BCUT2D eigenvalue weighted by Crippen LogP contribution is 2.65. The SMILES string of the molecule is CC[C@H](OC(=O)c1ccccc1N1C(=O)[C@H]2[C@@H]3C=C[C@H]([C@H]4C[C@H]34)[C@@H]2C1=O)C(=O)c1ccccc1. The van der Waals surface area contributed by atoms with Crippen LogP contribution in [0.25, 0.3) is 0 Å². The van der Waals surface area contributed by atoms with E-state index in [4.69, 9.17) is 4.74 Å². The van der Waals surface area contributed by atoms with Gasteiger partial charge in [-0.3, -0.25) is 14.4 Å². The molecule has 1 heterocycles. The molecule has 172 valence electrons. The molecule has 5 aliphatic rings. The number of nitrogens with zero attached hydrogens (tertiary/aromatic N) is 1. The van der Waals surface area contributed by atoms with Crippen molar-refractivity contribution < 1.29 is 23.9 Å². The molecule has 6 heteroatoms. The number of esters is 1. The first-order valence-corrected chi connectivity index (χ1v) is 12.0. The molecule has 1 saturated heterocycles. The predicted octanol–water partition coefficient (Wildman–Crippen LogP) is 4.06. The Hall–Kier alpha value is -3.54. The van der Waals surface area contributed by atoms with Gasteiger partial charge in [0.05, 0.1) is 23.1 Å². The van der Waals surface area contributed by atoms with Gasteiger partial charge in [0, 0.05) is 5.56 Å². The Kier molecular flexibility index (Phi) is 4.80. The molecule has 7 atom stereocenters. The van der Waals surface area contributed by atoms with Crippen LogP contribution in [0.3, 0.4) is 0 Å². The number of rotatable bonds is 6. The summed E-state index contributed by atoms with van der Waals surface area (Å²) >= 11 is 0. The third-order valence-corrected chi connectivity index (χ3v) is 8.00. The van der Waals surface area contributed by atoms with Crippen LogP contribution >= 0.6 is 0 Å². The van der Waals surface area contributed by atoms with Crippen molar-refractivity contribution in [2.75, 3.05) is 4.90 Å². The maximum atomic E-state index is 13.5. The standard InChI is InChI=1S/C28H25NO5/c1-2-22(25(30)15-8-4-3-5-9-15)34-28(33)18-10-6-7-11-21(18)29-26(31)23-16-12-13-17(20-14-19(16)20)24(23)27(29)32/h3-13,16-17,19-20,22-24H,2,14H2,1H3/t16-,17-,19-,20-,22+,23+,24+/m1/s1. The Morgan fingerprint density at radius 1 is 0.912 bits per heavy atom. The summed E-state index contributed by atoms with van der Waals surface area (Å²) in [6, 6.07) is 15.2. The van der Waals surface area contributed by atoms with Crippen molar-refractivity contribution in [2.24, 2.45) is 35.5 Å². The maximum Gasteiger partial charge on any atom is 0.341 e. The van der Waals surface area contributed by atoms with Gasteiger partial charge in [0.2, 0.25) is 17.6 Å². The van der Waals surface area contributed by atoms with E-state index in [1.54, 1.807) is 55.5 Å². The van der Waals surface area contributed by atoms with Gasteiger partial charge in [-0.25, -0.2) is 9.69 Å². The van der Waals surface area contributed by atoms with E-state index in [9.17, 15) is 19.2 Å². The van der Waals surface area contributed by atoms with Gasteiger partial charge in [0.1, 0.15) is 0 Å². The molecule has 2 bridgehead atoms. The molecule has 2 saturated carbocycles. The van der Waals surface area contributed by atoms with Crippen LogP contribution in [0, 0.1) is 35.5 Å². The molecule has 0 spiro atoms. The number of hydrogen-bond acceptors (Lipinski definition) is 5. The van der Waals surface area contributed by atoms with E-state index in [0.717, 1.165) is 6.42 Å². The molecule has 6 nitrogen and oxygen atoms in total. The number of ether oxygens (including phenoxy) is 1. The molecule has 3 fully saturated rings. The highest BCUT2D eigenvalue weighted by Gasteiger charge is 2.67. The first-order valence-electron chi connectivity index (χ1n) is 12.0. The minimum atomic E-state index is -0.956. The predicted molar refractivity (Wildman–Crippen MR) is 124 cm³/mol. The second kappa shape index (κ2) is 7.76. The highest BCUT2D eigenvalue weighted by atomic mass is 16.5. The number of para-hydroxylation sites is 1. The second-order valence-electron chi connectivity index (χ2n) is 9.72. The van der Waals surface area contributed by atoms with Crippen LogP contribution in [-0.2, 0) is 14.3 Å². The van der Waals surface area contributed by atoms with Gasteiger partial charge in [0.25, 0.3) is 0 Å². The van der Waals surface area contributed by atoms with Crippen LogP contribution < -0.4 is 4.90 Å². The van der Waals surface area contributed by atoms with Crippen LogP contribution in [0.5, 0.6) is 0 Å². The minimum absolute atomic E-state index is 0.105. The molecule has 1 aliphatic heterocycles. The van der Waals surface area contributed by atoms with Crippen molar-refractivity contribution in [1.82, 2.24) is 0 Å². The summed E-state index contributed by atoms with van der Waals surface area (Å²) in [6.45, 7) is 1.77. The van der Waals surface area contributed by atoms with Crippen molar-refractivity contribution in [1.29, 1.82) is 0 Å². The lowest BCUT2D eigenvalue weighted by molar-refractivity contribution is -0.124. The number of ketones is 1. The summed E-state index contributed by atoms with van der Waals surface area (Å²) in [5.41, 5.74) is 0.825. The topological polar surface area (TPSA) is 80.8 Å². The van der Waals surface area contributed by atoms with Crippen LogP contribution in [-0.4, -0.2) is 29.7 Å². The zero-order chi connectivity index (χ0) is 23.6. The number of anilines is 1. The Bertz CT molecular complexity index is 1200. The van der Waals surface area contributed by atoms with Crippen molar-refractivity contribution in [2.45, 2.75) is 25.9 Å². The quantitative estimate of drug-likeness (QED) is 0.284. The molecule has 2 amide bonds. The number of benzene rings is 2. The average molecular weight is 456 g/mol. The lowest BCUT2D eigenvalue weighted by Gasteiger charge is -2.37. The van der Waals surface area contributed by atoms with Gasteiger partial charge >= 0.3 is 5.97 Å². The molecule has 34 heavy (non-hydrogen) atoms. The number of Topliss-reactive ketones (excluding diaryl/α,β-unsaturated/α-hetero) is 1. The number of carbonyl (C=O) groups is 4. The van der Waals surface area contributed by atoms with E-state index in [1.807, 2.05) is 6.07 Å². The summed E-state index contributed by atoms with van der Waals surface area (Å²) in [6.07, 6.45) is 4.69. The van der Waals surface area contributed by atoms with E-state index in [2.05, 4.69) is 12.2 Å². The number of carbonyl (C=O) groups excluding carboxylic acids is 4. The van der Waals surface area contributed by atoms with Crippen LogP contribution in [0.1, 0.15) is 40.5 Å². The molecule has 0 unspecified atom stereocenters. The van der Waals surface area contributed by atoms with Crippen molar-refractivity contribution in [3.8, 4) is 0 Å². The van der Waals surface area contributed by atoms with Gasteiger partial charge in [0.15, 0.2) is 6.10 Å². The fourth-order valence-corrected chi connectivity index (χ4v) is 6.34. The van der Waals surface area contributed by atoms with Crippen LogP contribution in [0.15, 0.2) is 66.7 Å². The third-order valence-electron chi connectivity index (χ3n) is 8.00. The molecular weight excluding hydrogens is 430 g/mol. The van der Waals surface area contributed by atoms with Gasteiger partial charge in [-0.2, -0.15) is 0 Å². The summed E-state index contributed by atoms with van der Waals surface area (Å²) in [7, 11) is 0. The first-order chi connectivity index (χ1) is 16.5. The number of imide groups is 1. The van der Waals surface area contributed by atoms with Gasteiger partial charge < -0.3 is 4.74 Å². The molecule has 2 aromatic rings. The van der Waals surface area contributed by atoms with Crippen molar-refractivity contribution >= 4 is 29.3 Å². The van der Waals surface area contributed by atoms with E-state index >= 15 is 0 Å².